The minimum absolute atomic E-state index is 0. The topological polar surface area (TPSA) is 41.6 Å². The molecule has 2 aliphatic heterocycles. The van der Waals surface area contributed by atoms with Crippen LogP contribution in [-0.4, -0.2) is 43.6 Å². The Balaban J connectivity index is 0.00000192. The van der Waals surface area contributed by atoms with Crippen LogP contribution in [0.2, 0.25) is 0 Å². The molecule has 0 aliphatic carbocycles. The van der Waals surface area contributed by atoms with Crippen molar-refractivity contribution in [3.8, 4) is 5.75 Å². The van der Waals surface area contributed by atoms with Gasteiger partial charge in [0.05, 0.1) is 12.5 Å². The van der Waals surface area contributed by atoms with Gasteiger partial charge in [0.2, 0.25) is 5.91 Å². The van der Waals surface area contributed by atoms with Crippen molar-refractivity contribution in [2.75, 3.05) is 26.7 Å². The standard InChI is InChI=1S/C18H26N2O2.ClH/c1-13(2)20-12-16(14-5-4-6-15(11-14)22-3)18(17(20)21)7-9-19-10-8-18;/h4-6,11,13,16,19H,7-10,12H2,1-3H3;1H. The van der Waals surface area contributed by atoms with Gasteiger partial charge in [-0.3, -0.25) is 4.79 Å². The minimum Gasteiger partial charge on any atom is -0.497 e. The molecule has 0 bridgehead atoms. The Hall–Kier alpha value is -1.26. The summed E-state index contributed by atoms with van der Waals surface area (Å²) in [6.45, 7) is 6.90. The number of hydrogen-bond donors (Lipinski definition) is 1. The molecule has 128 valence electrons. The molecule has 0 radical (unpaired) electrons. The van der Waals surface area contributed by atoms with Crippen LogP contribution in [0, 0.1) is 5.41 Å². The van der Waals surface area contributed by atoms with Crippen LogP contribution < -0.4 is 10.1 Å². The lowest BCUT2D eigenvalue weighted by Gasteiger charge is -2.37. The van der Waals surface area contributed by atoms with Crippen molar-refractivity contribution in [1.29, 1.82) is 0 Å². The van der Waals surface area contributed by atoms with E-state index in [1.807, 2.05) is 12.1 Å². The molecule has 2 fully saturated rings. The van der Waals surface area contributed by atoms with Gasteiger partial charge in [-0.05, 0) is 57.5 Å². The molecular weight excluding hydrogens is 312 g/mol. The monoisotopic (exact) mass is 338 g/mol. The van der Waals surface area contributed by atoms with E-state index in [1.165, 1.54) is 5.56 Å². The highest BCUT2D eigenvalue weighted by molar-refractivity contribution is 5.87. The van der Waals surface area contributed by atoms with E-state index < -0.39 is 0 Å². The molecule has 3 rings (SSSR count). The van der Waals surface area contributed by atoms with Gasteiger partial charge in [-0.1, -0.05) is 12.1 Å². The molecular formula is C18H27ClN2O2. The number of halogens is 1. The van der Waals surface area contributed by atoms with Crippen molar-refractivity contribution in [1.82, 2.24) is 10.2 Å². The molecule has 0 aromatic heterocycles. The van der Waals surface area contributed by atoms with Crippen LogP contribution in [0.1, 0.15) is 38.2 Å². The van der Waals surface area contributed by atoms with E-state index in [0.29, 0.717) is 5.91 Å². The molecule has 0 saturated carbocycles. The molecule has 2 saturated heterocycles. The molecule has 1 unspecified atom stereocenters. The Labute approximate surface area is 145 Å². The van der Waals surface area contributed by atoms with Crippen molar-refractivity contribution in [3.05, 3.63) is 29.8 Å². The normalized spacial score (nSPS) is 23.2. The van der Waals surface area contributed by atoms with Crippen LogP contribution in [-0.2, 0) is 4.79 Å². The highest BCUT2D eigenvalue weighted by Gasteiger charge is 2.54. The average molecular weight is 339 g/mol. The maximum absolute atomic E-state index is 13.1. The van der Waals surface area contributed by atoms with Crippen LogP contribution in [0.25, 0.3) is 0 Å². The molecule has 1 aromatic rings. The van der Waals surface area contributed by atoms with Gasteiger partial charge in [-0.15, -0.1) is 12.4 Å². The van der Waals surface area contributed by atoms with Gasteiger partial charge in [0.1, 0.15) is 5.75 Å². The van der Waals surface area contributed by atoms with Gasteiger partial charge in [0.15, 0.2) is 0 Å². The summed E-state index contributed by atoms with van der Waals surface area (Å²) in [6.07, 6.45) is 1.86. The van der Waals surface area contributed by atoms with E-state index in [0.717, 1.165) is 38.2 Å². The van der Waals surface area contributed by atoms with Crippen LogP contribution in [0.5, 0.6) is 5.75 Å². The number of piperidine rings is 1. The number of nitrogens with zero attached hydrogens (tertiary/aromatic N) is 1. The lowest BCUT2D eigenvalue weighted by atomic mass is 9.68. The zero-order valence-electron chi connectivity index (χ0n) is 14.2. The number of carbonyl (C=O) groups is 1. The molecule has 1 atom stereocenters. The second kappa shape index (κ2) is 7.10. The largest absolute Gasteiger partial charge is 0.497 e. The molecule has 2 aliphatic rings. The van der Waals surface area contributed by atoms with E-state index >= 15 is 0 Å². The second-order valence-corrected chi connectivity index (χ2v) is 6.79. The maximum atomic E-state index is 13.1. The van der Waals surface area contributed by atoms with Gasteiger partial charge in [0.25, 0.3) is 0 Å². The van der Waals surface area contributed by atoms with Gasteiger partial charge < -0.3 is 15.0 Å². The predicted molar refractivity (Wildman–Crippen MR) is 94.4 cm³/mol. The molecule has 5 heteroatoms. The van der Waals surface area contributed by atoms with Crippen LogP contribution in [0.15, 0.2) is 24.3 Å². The second-order valence-electron chi connectivity index (χ2n) is 6.79. The highest BCUT2D eigenvalue weighted by atomic mass is 35.5. The lowest BCUT2D eigenvalue weighted by molar-refractivity contribution is -0.139. The maximum Gasteiger partial charge on any atom is 0.229 e. The number of nitrogens with one attached hydrogen (secondary N) is 1. The summed E-state index contributed by atoms with van der Waals surface area (Å²) in [5, 5.41) is 3.40. The first-order valence-corrected chi connectivity index (χ1v) is 8.24. The molecule has 1 amide bonds. The number of benzene rings is 1. The van der Waals surface area contributed by atoms with Crippen molar-refractivity contribution in [3.63, 3.8) is 0 Å². The molecule has 4 nitrogen and oxygen atoms in total. The molecule has 1 aromatic carbocycles. The van der Waals surface area contributed by atoms with Gasteiger partial charge in [-0.2, -0.15) is 0 Å². The number of likely N-dealkylation sites (tertiary alicyclic amines) is 1. The number of hydrogen-bond acceptors (Lipinski definition) is 3. The number of amides is 1. The van der Waals surface area contributed by atoms with E-state index in [4.69, 9.17) is 4.74 Å². The Morgan fingerprint density at radius 2 is 2.00 bits per heavy atom. The lowest BCUT2D eigenvalue weighted by Crippen LogP contribution is -2.45. The van der Waals surface area contributed by atoms with Gasteiger partial charge in [-0.25, -0.2) is 0 Å². The SMILES string of the molecule is COc1cccc(C2CN(C(C)C)C(=O)C23CCNCC3)c1.Cl. The third-order valence-electron chi connectivity index (χ3n) is 5.35. The van der Waals surface area contributed by atoms with Crippen molar-refractivity contribution in [2.45, 2.75) is 38.6 Å². The van der Waals surface area contributed by atoms with Crippen LogP contribution >= 0.6 is 12.4 Å². The number of ether oxygens (including phenoxy) is 1. The first-order valence-electron chi connectivity index (χ1n) is 8.24. The quantitative estimate of drug-likeness (QED) is 0.921. The summed E-state index contributed by atoms with van der Waals surface area (Å²) in [5.74, 6) is 1.48. The first kappa shape index (κ1) is 18.1. The zero-order chi connectivity index (χ0) is 15.7. The smallest absolute Gasteiger partial charge is 0.229 e. The Morgan fingerprint density at radius 1 is 1.30 bits per heavy atom. The molecule has 2 heterocycles. The fraction of sp³-hybridized carbons (Fsp3) is 0.611. The third-order valence-corrected chi connectivity index (χ3v) is 5.35. The van der Waals surface area contributed by atoms with Gasteiger partial charge >= 0.3 is 0 Å². The number of carbonyl (C=O) groups excluding carboxylic acids is 1. The van der Waals surface area contributed by atoms with Crippen LogP contribution in [0.3, 0.4) is 0 Å². The summed E-state index contributed by atoms with van der Waals surface area (Å²) >= 11 is 0. The van der Waals surface area contributed by atoms with Gasteiger partial charge in [0, 0.05) is 18.5 Å². The Bertz CT molecular complexity index is 556. The minimum atomic E-state index is -0.234. The zero-order valence-corrected chi connectivity index (χ0v) is 15.0. The summed E-state index contributed by atoms with van der Waals surface area (Å²) < 4.78 is 5.38. The Morgan fingerprint density at radius 3 is 2.61 bits per heavy atom. The van der Waals surface area contributed by atoms with Crippen molar-refractivity contribution in [2.24, 2.45) is 5.41 Å². The molecule has 1 spiro atoms. The van der Waals surface area contributed by atoms with E-state index in [9.17, 15) is 4.79 Å². The summed E-state index contributed by atoms with van der Waals surface area (Å²) in [7, 11) is 1.69. The van der Waals surface area contributed by atoms with Crippen molar-refractivity contribution >= 4 is 18.3 Å². The fourth-order valence-corrected chi connectivity index (χ4v) is 4.05. The molecule has 23 heavy (non-hydrogen) atoms. The van der Waals surface area contributed by atoms with E-state index in [1.54, 1.807) is 7.11 Å². The predicted octanol–water partition coefficient (Wildman–Crippen LogP) is 2.82. The first-order chi connectivity index (χ1) is 10.6. The fourth-order valence-electron chi connectivity index (χ4n) is 4.05. The number of methoxy groups -OCH3 is 1. The van der Waals surface area contributed by atoms with Crippen molar-refractivity contribution < 1.29 is 9.53 Å². The average Bonchev–Trinajstić information content (AvgIpc) is 2.81. The summed E-state index contributed by atoms with van der Waals surface area (Å²) in [5.41, 5.74) is 1.000. The summed E-state index contributed by atoms with van der Waals surface area (Å²) in [4.78, 5) is 15.2. The highest BCUT2D eigenvalue weighted by Crippen LogP contribution is 2.50. The number of rotatable bonds is 3. The van der Waals surface area contributed by atoms with E-state index in [-0.39, 0.29) is 29.8 Å². The third kappa shape index (κ3) is 3.07. The Kier molecular flexibility index (Phi) is 5.58. The van der Waals surface area contributed by atoms with Crippen LogP contribution in [0.4, 0.5) is 0 Å². The van der Waals surface area contributed by atoms with E-state index in [2.05, 4.69) is 36.2 Å². The molecule has 1 N–H and O–H groups in total. The summed E-state index contributed by atoms with van der Waals surface area (Å²) in [6, 6.07) is 8.51.